The van der Waals surface area contributed by atoms with Gasteiger partial charge in [-0.05, 0) is 31.0 Å². The van der Waals surface area contributed by atoms with Crippen molar-refractivity contribution in [3.63, 3.8) is 0 Å². The zero-order chi connectivity index (χ0) is 20.2. The van der Waals surface area contributed by atoms with E-state index in [9.17, 15) is 9.59 Å². The van der Waals surface area contributed by atoms with Gasteiger partial charge in [-0.1, -0.05) is 48.8 Å². The lowest BCUT2D eigenvalue weighted by atomic mass is 9.96. The average molecular weight is 435 g/mol. The van der Waals surface area contributed by atoms with E-state index in [0.717, 1.165) is 21.3 Å². The average Bonchev–Trinajstić information content (AvgIpc) is 2.85. The Morgan fingerprint density at radius 2 is 1.81 bits per heavy atom. The first kappa shape index (κ1) is 21.2. The number of carbonyl (C=O) groups is 2. The van der Waals surface area contributed by atoms with Gasteiger partial charge in [-0.15, -0.1) is 0 Å². The molecule has 1 aromatic carbocycles. The summed E-state index contributed by atoms with van der Waals surface area (Å²) in [4.78, 5) is 24.2. The molecule has 0 aliphatic heterocycles. The zero-order valence-electron chi connectivity index (χ0n) is 16.5. The predicted octanol–water partition coefficient (Wildman–Crippen LogP) is 4.04. The molecular formula is C20H27BrN4O2. The summed E-state index contributed by atoms with van der Waals surface area (Å²) >= 11 is 3.44. The van der Waals surface area contributed by atoms with Crippen LogP contribution in [0.4, 0.5) is 5.82 Å². The molecule has 2 rings (SSSR count). The van der Waals surface area contributed by atoms with Crippen molar-refractivity contribution in [1.82, 2.24) is 15.1 Å². The Morgan fingerprint density at radius 1 is 1.19 bits per heavy atom. The van der Waals surface area contributed by atoms with Crippen molar-refractivity contribution in [3.8, 4) is 11.1 Å². The van der Waals surface area contributed by atoms with Crippen molar-refractivity contribution in [1.29, 1.82) is 0 Å². The fourth-order valence-corrected chi connectivity index (χ4v) is 2.94. The molecule has 2 N–H and O–H groups in total. The topological polar surface area (TPSA) is 76.0 Å². The van der Waals surface area contributed by atoms with Gasteiger partial charge in [-0.25, -0.2) is 0 Å². The second-order valence-electron chi connectivity index (χ2n) is 7.60. The molecule has 0 saturated carbocycles. The van der Waals surface area contributed by atoms with E-state index in [-0.39, 0.29) is 11.8 Å². The number of aromatic nitrogens is 2. The van der Waals surface area contributed by atoms with Crippen LogP contribution < -0.4 is 10.6 Å². The number of amides is 2. The summed E-state index contributed by atoms with van der Waals surface area (Å²) in [7, 11) is 1.81. The fraction of sp³-hybridized carbons (Fsp3) is 0.450. The number of halogens is 1. The molecule has 0 fully saturated rings. The van der Waals surface area contributed by atoms with Gasteiger partial charge in [0.25, 0.3) is 0 Å². The molecule has 2 amide bonds. The van der Waals surface area contributed by atoms with E-state index in [1.165, 1.54) is 0 Å². The molecule has 0 atom stereocenters. The molecule has 7 heteroatoms. The van der Waals surface area contributed by atoms with Crippen molar-refractivity contribution in [2.24, 2.45) is 12.5 Å². The molecule has 0 aliphatic carbocycles. The lowest BCUT2D eigenvalue weighted by molar-refractivity contribution is -0.128. The lowest BCUT2D eigenvalue weighted by Crippen LogP contribution is -2.35. The Morgan fingerprint density at radius 3 is 2.41 bits per heavy atom. The number of carbonyl (C=O) groups excluding carboxylic acids is 2. The number of nitrogens with zero attached hydrogens (tertiary/aromatic N) is 2. The Kier molecular flexibility index (Phi) is 6.81. The SMILES string of the molecule is Cc1nn(C)c(NC(=O)CCCNC(=O)C(C)(C)C)c1-c1ccc(Br)cc1. The number of aryl methyl sites for hydroxylation is 2. The minimum absolute atomic E-state index is 0.0114. The quantitative estimate of drug-likeness (QED) is 0.673. The largest absolute Gasteiger partial charge is 0.356 e. The second-order valence-corrected chi connectivity index (χ2v) is 8.51. The van der Waals surface area contributed by atoms with E-state index in [1.807, 2.05) is 59.0 Å². The zero-order valence-corrected chi connectivity index (χ0v) is 18.1. The van der Waals surface area contributed by atoms with Gasteiger partial charge in [-0.2, -0.15) is 5.10 Å². The Bertz CT molecular complexity index is 820. The maximum absolute atomic E-state index is 12.4. The first-order chi connectivity index (χ1) is 12.6. The van der Waals surface area contributed by atoms with E-state index < -0.39 is 5.41 Å². The van der Waals surface area contributed by atoms with Crippen molar-refractivity contribution in [3.05, 3.63) is 34.4 Å². The van der Waals surface area contributed by atoms with Crippen LogP contribution in [-0.2, 0) is 16.6 Å². The van der Waals surface area contributed by atoms with Crippen molar-refractivity contribution in [2.45, 2.75) is 40.5 Å². The van der Waals surface area contributed by atoms with Crippen LogP contribution in [0.3, 0.4) is 0 Å². The van der Waals surface area contributed by atoms with Gasteiger partial charge in [0.2, 0.25) is 11.8 Å². The smallest absolute Gasteiger partial charge is 0.225 e. The summed E-state index contributed by atoms with van der Waals surface area (Å²) in [5.74, 6) is 0.572. The van der Waals surface area contributed by atoms with Crippen LogP contribution in [0.5, 0.6) is 0 Å². The highest BCUT2D eigenvalue weighted by Crippen LogP contribution is 2.32. The molecule has 146 valence electrons. The summed E-state index contributed by atoms with van der Waals surface area (Å²) < 4.78 is 2.68. The summed E-state index contributed by atoms with van der Waals surface area (Å²) in [6.07, 6.45) is 0.909. The molecule has 0 radical (unpaired) electrons. The molecule has 1 heterocycles. The van der Waals surface area contributed by atoms with Gasteiger partial charge >= 0.3 is 0 Å². The minimum atomic E-state index is -0.423. The number of hydrogen-bond acceptors (Lipinski definition) is 3. The first-order valence-corrected chi connectivity index (χ1v) is 9.76. The number of anilines is 1. The van der Waals surface area contributed by atoms with Crippen LogP contribution in [0.25, 0.3) is 11.1 Å². The molecule has 6 nitrogen and oxygen atoms in total. The molecule has 0 spiro atoms. The van der Waals surface area contributed by atoms with Crippen LogP contribution in [0.2, 0.25) is 0 Å². The maximum Gasteiger partial charge on any atom is 0.225 e. The first-order valence-electron chi connectivity index (χ1n) is 8.97. The van der Waals surface area contributed by atoms with Crippen LogP contribution in [0.15, 0.2) is 28.7 Å². The van der Waals surface area contributed by atoms with Gasteiger partial charge in [0, 0.05) is 35.5 Å². The van der Waals surface area contributed by atoms with Gasteiger partial charge in [0.15, 0.2) is 0 Å². The van der Waals surface area contributed by atoms with Crippen LogP contribution in [-0.4, -0.2) is 28.1 Å². The van der Waals surface area contributed by atoms with E-state index in [0.29, 0.717) is 25.2 Å². The van der Waals surface area contributed by atoms with Crippen LogP contribution in [0.1, 0.15) is 39.3 Å². The monoisotopic (exact) mass is 434 g/mol. The molecule has 0 aliphatic rings. The predicted molar refractivity (Wildman–Crippen MR) is 111 cm³/mol. The maximum atomic E-state index is 12.4. The summed E-state index contributed by atoms with van der Waals surface area (Å²) in [6, 6.07) is 7.91. The molecular weight excluding hydrogens is 408 g/mol. The van der Waals surface area contributed by atoms with Gasteiger partial charge < -0.3 is 10.6 Å². The number of rotatable bonds is 6. The Balaban J connectivity index is 2.00. The van der Waals surface area contributed by atoms with E-state index in [4.69, 9.17) is 0 Å². The number of hydrogen-bond donors (Lipinski definition) is 2. The van der Waals surface area contributed by atoms with E-state index in [1.54, 1.807) is 4.68 Å². The van der Waals surface area contributed by atoms with E-state index >= 15 is 0 Å². The standard InChI is InChI=1S/C20H27BrN4O2/c1-13-17(14-8-10-15(21)11-9-14)18(25(5)24-13)23-16(26)7-6-12-22-19(27)20(2,3)4/h8-11H,6-7,12H2,1-5H3,(H,22,27)(H,23,26). The normalized spacial score (nSPS) is 11.3. The number of nitrogens with one attached hydrogen (secondary N) is 2. The Labute approximate surface area is 168 Å². The molecule has 0 saturated heterocycles. The second kappa shape index (κ2) is 8.69. The van der Waals surface area contributed by atoms with Crippen molar-refractivity contribution >= 4 is 33.6 Å². The van der Waals surface area contributed by atoms with E-state index in [2.05, 4.69) is 31.7 Å². The third-order valence-corrected chi connectivity index (χ3v) is 4.69. The van der Waals surface area contributed by atoms with Gasteiger partial charge in [0.1, 0.15) is 5.82 Å². The van der Waals surface area contributed by atoms with Crippen molar-refractivity contribution < 1.29 is 9.59 Å². The highest BCUT2D eigenvalue weighted by Gasteiger charge is 2.21. The highest BCUT2D eigenvalue weighted by molar-refractivity contribution is 9.10. The summed E-state index contributed by atoms with van der Waals surface area (Å²) in [5.41, 5.74) is 2.34. The molecule has 2 aromatic rings. The minimum Gasteiger partial charge on any atom is -0.356 e. The van der Waals surface area contributed by atoms with Gasteiger partial charge in [0.05, 0.1) is 5.69 Å². The van der Waals surface area contributed by atoms with Crippen LogP contribution in [0, 0.1) is 12.3 Å². The van der Waals surface area contributed by atoms with Crippen LogP contribution >= 0.6 is 15.9 Å². The summed E-state index contributed by atoms with van der Waals surface area (Å²) in [6.45, 7) is 8.00. The Hall–Kier alpha value is -2.15. The third-order valence-electron chi connectivity index (χ3n) is 4.16. The number of benzene rings is 1. The lowest BCUT2D eigenvalue weighted by Gasteiger charge is -2.17. The molecule has 1 aromatic heterocycles. The fourth-order valence-electron chi connectivity index (χ4n) is 2.67. The summed E-state index contributed by atoms with van der Waals surface area (Å²) in [5, 5.41) is 10.3. The molecule has 27 heavy (non-hydrogen) atoms. The van der Waals surface area contributed by atoms with Gasteiger partial charge in [-0.3, -0.25) is 14.3 Å². The molecule has 0 bridgehead atoms. The third kappa shape index (κ3) is 5.66. The highest BCUT2D eigenvalue weighted by atomic mass is 79.9. The van der Waals surface area contributed by atoms with Crippen molar-refractivity contribution in [2.75, 3.05) is 11.9 Å². The molecule has 0 unspecified atom stereocenters.